The first kappa shape index (κ1) is 14.4. The molecule has 0 saturated heterocycles. The highest BCUT2D eigenvalue weighted by molar-refractivity contribution is 5.50. The average molecular weight is 262 g/mol. The summed E-state index contributed by atoms with van der Waals surface area (Å²) in [5, 5.41) is 9.77. The topological polar surface area (TPSA) is 32.7 Å². The summed E-state index contributed by atoms with van der Waals surface area (Å²) in [4.78, 5) is 2.26. The summed E-state index contributed by atoms with van der Waals surface area (Å²) in [6.45, 7) is 10.4. The van der Waals surface area contributed by atoms with E-state index in [2.05, 4.69) is 43.9 Å². The molecule has 1 aliphatic heterocycles. The molecule has 2 rings (SSSR count). The van der Waals surface area contributed by atoms with Crippen LogP contribution in [0.25, 0.3) is 0 Å². The van der Waals surface area contributed by atoms with E-state index < -0.39 is 0 Å². The van der Waals surface area contributed by atoms with Crippen LogP contribution in [0, 0.1) is 6.10 Å². The maximum Gasteiger partial charge on any atom is 0.0908 e. The van der Waals surface area contributed by atoms with Crippen LogP contribution >= 0.6 is 0 Å². The van der Waals surface area contributed by atoms with Crippen molar-refractivity contribution in [2.45, 2.75) is 39.7 Å². The van der Waals surface area contributed by atoms with Gasteiger partial charge in [0, 0.05) is 5.56 Å². The maximum absolute atomic E-state index is 9.77. The fourth-order valence-corrected chi connectivity index (χ4v) is 2.84. The number of benzene rings is 1. The first-order chi connectivity index (χ1) is 9.13. The molecule has 0 aliphatic carbocycles. The number of nitrogens with zero attached hydrogens (tertiary/aromatic N) is 1. The van der Waals surface area contributed by atoms with Crippen molar-refractivity contribution in [2.75, 3.05) is 19.7 Å². The van der Waals surface area contributed by atoms with Gasteiger partial charge < -0.3 is 9.84 Å². The fourth-order valence-electron chi connectivity index (χ4n) is 2.84. The molecule has 2 unspecified atom stereocenters. The first-order valence-corrected chi connectivity index (χ1v) is 7.12. The Bertz CT molecular complexity index is 429. The van der Waals surface area contributed by atoms with Crippen LogP contribution in [0.4, 0.5) is 0 Å². The smallest absolute Gasteiger partial charge is 0.0908 e. The molecule has 0 fully saturated rings. The van der Waals surface area contributed by atoms with Gasteiger partial charge in [0.25, 0.3) is 0 Å². The van der Waals surface area contributed by atoms with Crippen molar-refractivity contribution in [1.29, 1.82) is 0 Å². The lowest BCUT2D eigenvalue weighted by molar-refractivity contribution is 0.131. The van der Waals surface area contributed by atoms with Crippen molar-refractivity contribution in [3.05, 3.63) is 35.4 Å². The Morgan fingerprint density at radius 1 is 1.37 bits per heavy atom. The average Bonchev–Trinajstić information content (AvgIpc) is 2.72. The summed E-state index contributed by atoms with van der Waals surface area (Å²) >= 11 is 0. The maximum atomic E-state index is 9.77. The minimum Gasteiger partial charge on any atom is -0.659 e. The Morgan fingerprint density at radius 2 is 2.05 bits per heavy atom. The highest BCUT2D eigenvalue weighted by Crippen LogP contribution is 2.46. The van der Waals surface area contributed by atoms with Gasteiger partial charge in [-0.05, 0) is 18.7 Å². The molecule has 1 heterocycles. The molecule has 1 aromatic carbocycles. The number of fused-ring (bicyclic) bond motifs is 1. The second kappa shape index (κ2) is 5.93. The minimum absolute atomic E-state index is 0.0167. The first-order valence-electron chi connectivity index (χ1n) is 7.12. The van der Waals surface area contributed by atoms with Crippen molar-refractivity contribution >= 4 is 0 Å². The predicted octanol–water partition coefficient (Wildman–Crippen LogP) is 3.11. The number of rotatable bonds is 5. The van der Waals surface area contributed by atoms with E-state index in [4.69, 9.17) is 4.74 Å². The van der Waals surface area contributed by atoms with Crippen molar-refractivity contribution in [2.24, 2.45) is 0 Å². The number of aliphatic hydroxyl groups is 1. The van der Waals surface area contributed by atoms with Gasteiger partial charge in [0.15, 0.2) is 0 Å². The molecule has 0 bridgehead atoms. The van der Waals surface area contributed by atoms with Crippen LogP contribution in [0.2, 0.25) is 0 Å². The predicted molar refractivity (Wildman–Crippen MR) is 77.1 cm³/mol. The quantitative estimate of drug-likeness (QED) is 0.828. The zero-order valence-corrected chi connectivity index (χ0v) is 12.3. The van der Waals surface area contributed by atoms with E-state index in [1.54, 1.807) is 0 Å². The molecule has 1 aliphatic rings. The zero-order valence-electron chi connectivity index (χ0n) is 12.3. The lowest BCUT2D eigenvalue weighted by atomic mass is 9.94. The third kappa shape index (κ3) is 2.49. The molecule has 0 amide bonds. The third-order valence-electron chi connectivity index (χ3n) is 4.20. The number of hydrogen-bond donors (Lipinski definition) is 1. The SMILES string of the molecule is CCN(CC)C(CO)c1cccc2c1O[C-](C)C2C. The Morgan fingerprint density at radius 3 is 2.63 bits per heavy atom. The highest BCUT2D eigenvalue weighted by Gasteiger charge is 2.26. The highest BCUT2D eigenvalue weighted by atomic mass is 16.5. The molecule has 106 valence electrons. The van der Waals surface area contributed by atoms with E-state index in [1.165, 1.54) is 5.56 Å². The summed E-state index contributed by atoms with van der Waals surface area (Å²) < 4.78 is 5.95. The third-order valence-corrected chi connectivity index (χ3v) is 4.20. The molecule has 2 atom stereocenters. The van der Waals surface area contributed by atoms with Crippen LogP contribution < -0.4 is 4.74 Å². The molecular weight excluding hydrogens is 238 g/mol. The van der Waals surface area contributed by atoms with Gasteiger partial charge in [-0.15, -0.1) is 12.0 Å². The van der Waals surface area contributed by atoms with Gasteiger partial charge in [-0.25, -0.2) is 0 Å². The van der Waals surface area contributed by atoms with Gasteiger partial charge in [0.2, 0.25) is 0 Å². The molecule has 1 N–H and O–H groups in total. The molecule has 0 saturated carbocycles. The van der Waals surface area contributed by atoms with Gasteiger partial charge in [0.1, 0.15) is 0 Å². The number of ether oxygens (including phenoxy) is 1. The van der Waals surface area contributed by atoms with E-state index in [0.29, 0.717) is 5.92 Å². The fraction of sp³-hybridized carbons (Fsp3) is 0.562. The van der Waals surface area contributed by atoms with Crippen molar-refractivity contribution < 1.29 is 9.84 Å². The van der Waals surface area contributed by atoms with Crippen LogP contribution in [0.5, 0.6) is 5.75 Å². The standard InChI is InChI=1S/C16H24NO2/c1-5-17(6-2)15(10-18)14-9-7-8-13-11(3)12(4)19-16(13)14/h7-9,11,15,18H,5-6,10H2,1-4H3/q-1. The van der Waals surface area contributed by atoms with Gasteiger partial charge in [0.05, 0.1) is 18.4 Å². The molecule has 19 heavy (non-hydrogen) atoms. The molecule has 0 aromatic heterocycles. The van der Waals surface area contributed by atoms with Crippen molar-refractivity contribution in [3.63, 3.8) is 0 Å². The molecule has 1 aromatic rings. The van der Waals surface area contributed by atoms with E-state index >= 15 is 0 Å². The number of likely N-dealkylation sites (N-methyl/N-ethyl adjacent to an activating group) is 1. The van der Waals surface area contributed by atoms with Crippen LogP contribution in [0.1, 0.15) is 50.8 Å². The van der Waals surface area contributed by atoms with Crippen LogP contribution in [-0.2, 0) is 0 Å². The van der Waals surface area contributed by atoms with Gasteiger partial charge in [-0.3, -0.25) is 4.90 Å². The van der Waals surface area contributed by atoms with E-state index in [9.17, 15) is 5.11 Å². The van der Waals surface area contributed by atoms with E-state index in [-0.39, 0.29) is 12.6 Å². The largest absolute Gasteiger partial charge is 0.659 e. The monoisotopic (exact) mass is 262 g/mol. The molecule has 3 nitrogen and oxygen atoms in total. The number of para-hydroxylation sites is 1. The van der Waals surface area contributed by atoms with Crippen LogP contribution in [0.3, 0.4) is 0 Å². The van der Waals surface area contributed by atoms with Crippen molar-refractivity contribution in [3.8, 4) is 5.75 Å². The van der Waals surface area contributed by atoms with Gasteiger partial charge in [-0.1, -0.05) is 39.0 Å². The summed E-state index contributed by atoms with van der Waals surface area (Å²) in [5.41, 5.74) is 2.34. The number of aliphatic hydroxyl groups excluding tert-OH is 1. The normalized spacial score (nSPS) is 20.4. The summed E-state index contributed by atoms with van der Waals surface area (Å²) in [6, 6.07) is 6.28. The molecule has 0 radical (unpaired) electrons. The summed E-state index contributed by atoms with van der Waals surface area (Å²) in [6.07, 6.45) is 1.04. The second-order valence-electron chi connectivity index (χ2n) is 5.12. The lowest BCUT2D eigenvalue weighted by Crippen LogP contribution is -2.31. The molecule has 3 heteroatoms. The zero-order chi connectivity index (χ0) is 14.0. The van der Waals surface area contributed by atoms with Crippen molar-refractivity contribution in [1.82, 2.24) is 4.90 Å². The summed E-state index contributed by atoms with van der Waals surface area (Å²) in [7, 11) is 0. The Kier molecular flexibility index (Phi) is 4.48. The van der Waals surface area contributed by atoms with E-state index in [0.717, 1.165) is 30.5 Å². The molecule has 0 spiro atoms. The Balaban J connectivity index is 2.40. The Labute approximate surface area is 116 Å². The second-order valence-corrected chi connectivity index (χ2v) is 5.12. The van der Waals surface area contributed by atoms with E-state index in [1.807, 2.05) is 6.92 Å². The number of hydrogen-bond acceptors (Lipinski definition) is 3. The Hall–Kier alpha value is -1.06. The van der Waals surface area contributed by atoms with Gasteiger partial charge in [-0.2, -0.15) is 6.92 Å². The summed E-state index contributed by atoms with van der Waals surface area (Å²) in [5.74, 6) is 1.30. The van der Waals surface area contributed by atoms with Crippen LogP contribution in [0.15, 0.2) is 18.2 Å². The lowest BCUT2D eigenvalue weighted by Gasteiger charge is -2.31. The van der Waals surface area contributed by atoms with Crippen LogP contribution in [-0.4, -0.2) is 29.7 Å². The van der Waals surface area contributed by atoms with Gasteiger partial charge >= 0.3 is 0 Å². The molecular formula is C16H24NO2-. The minimum atomic E-state index is 0.0167.